The van der Waals surface area contributed by atoms with Crippen molar-refractivity contribution in [1.29, 1.82) is 0 Å². The highest BCUT2D eigenvalue weighted by molar-refractivity contribution is 6.34. The molecule has 0 saturated carbocycles. The van der Waals surface area contributed by atoms with E-state index < -0.39 is 0 Å². The molecule has 5 nitrogen and oxygen atoms in total. The Hall–Kier alpha value is -1.30. The fraction of sp³-hybridized carbons (Fsp3) is 0.529. The molecule has 0 bridgehead atoms. The second-order valence-corrected chi connectivity index (χ2v) is 6.81. The van der Waals surface area contributed by atoms with Gasteiger partial charge in [-0.1, -0.05) is 25.4 Å². The summed E-state index contributed by atoms with van der Waals surface area (Å²) < 4.78 is 0. The second kappa shape index (κ2) is 9.25. The number of likely N-dealkylation sites (N-methyl/N-ethyl adjacent to an activating group) is 1. The largest absolute Gasteiger partial charge is 0.337 e. The molecule has 1 atom stereocenters. The molecule has 0 aromatic heterocycles. The highest BCUT2D eigenvalue weighted by atomic mass is 35.5. The first-order valence-electron chi connectivity index (χ1n) is 7.95. The highest BCUT2D eigenvalue weighted by Crippen LogP contribution is 2.23. The molecule has 1 aliphatic heterocycles. The number of hydrogen-bond acceptors (Lipinski definition) is 3. The summed E-state index contributed by atoms with van der Waals surface area (Å²) >= 11 is 6.19. The lowest BCUT2D eigenvalue weighted by atomic mass is 10.1. The number of amides is 2. The van der Waals surface area contributed by atoms with Crippen molar-refractivity contribution < 1.29 is 9.59 Å². The lowest BCUT2D eigenvalue weighted by Gasteiger charge is -2.24. The zero-order valence-electron chi connectivity index (χ0n) is 14.3. The molecular formula is C17H25Cl2N3O2. The van der Waals surface area contributed by atoms with Crippen LogP contribution in [0.4, 0.5) is 5.69 Å². The molecule has 1 saturated heterocycles. The first kappa shape index (κ1) is 20.7. The molecule has 7 heteroatoms. The maximum absolute atomic E-state index is 12.7. The molecule has 2 amide bonds. The van der Waals surface area contributed by atoms with Crippen LogP contribution in [0.5, 0.6) is 0 Å². The van der Waals surface area contributed by atoms with Crippen LogP contribution in [0.3, 0.4) is 0 Å². The average molecular weight is 374 g/mol. The molecule has 0 aliphatic carbocycles. The van der Waals surface area contributed by atoms with E-state index in [1.165, 1.54) is 0 Å². The Labute approximate surface area is 154 Å². The van der Waals surface area contributed by atoms with Crippen molar-refractivity contribution >= 4 is 41.5 Å². The Morgan fingerprint density at radius 1 is 1.42 bits per heavy atom. The van der Waals surface area contributed by atoms with Crippen molar-refractivity contribution in [3.8, 4) is 0 Å². The Morgan fingerprint density at radius 3 is 2.71 bits per heavy atom. The molecule has 2 N–H and O–H groups in total. The number of anilines is 1. The standard InChI is InChI=1S/C17H24ClN3O2.ClH/c1-11(2)8-16(22)20-12-4-5-15(18)14(9-12)17(23)21(3)13-6-7-19-10-13;/h4-5,9,11,13,19H,6-8,10H2,1-3H3,(H,20,22);1H. The third-order valence-corrected chi connectivity index (χ3v) is 4.31. The summed E-state index contributed by atoms with van der Waals surface area (Å²) in [6, 6.07) is 5.20. The third-order valence-electron chi connectivity index (χ3n) is 3.98. The van der Waals surface area contributed by atoms with Gasteiger partial charge in [0.1, 0.15) is 0 Å². The van der Waals surface area contributed by atoms with E-state index in [1.54, 1.807) is 30.1 Å². The molecule has 1 heterocycles. The molecule has 1 fully saturated rings. The minimum Gasteiger partial charge on any atom is -0.337 e. The predicted molar refractivity (Wildman–Crippen MR) is 100 cm³/mol. The number of hydrogen-bond donors (Lipinski definition) is 2. The first-order chi connectivity index (χ1) is 10.9. The zero-order valence-corrected chi connectivity index (χ0v) is 15.8. The van der Waals surface area contributed by atoms with Gasteiger partial charge in [-0.25, -0.2) is 0 Å². The normalized spacial score (nSPS) is 16.6. The molecule has 1 unspecified atom stereocenters. The summed E-state index contributed by atoms with van der Waals surface area (Å²) in [6.45, 7) is 5.69. The zero-order chi connectivity index (χ0) is 17.0. The number of halogens is 2. The van der Waals surface area contributed by atoms with Crippen molar-refractivity contribution in [2.24, 2.45) is 5.92 Å². The van der Waals surface area contributed by atoms with Gasteiger partial charge >= 0.3 is 0 Å². The molecule has 0 radical (unpaired) electrons. The van der Waals surface area contributed by atoms with Gasteiger partial charge in [-0.2, -0.15) is 0 Å². The van der Waals surface area contributed by atoms with Gasteiger partial charge in [0.25, 0.3) is 5.91 Å². The van der Waals surface area contributed by atoms with E-state index in [4.69, 9.17) is 11.6 Å². The number of rotatable bonds is 5. The number of nitrogens with zero attached hydrogens (tertiary/aromatic N) is 1. The quantitative estimate of drug-likeness (QED) is 0.832. The molecule has 2 rings (SSSR count). The third kappa shape index (κ3) is 5.36. The van der Waals surface area contributed by atoms with Gasteiger partial charge in [-0.15, -0.1) is 12.4 Å². The SMILES string of the molecule is CC(C)CC(=O)Nc1ccc(Cl)c(C(=O)N(C)C2CCNC2)c1.Cl. The molecule has 1 aromatic rings. The van der Waals surface area contributed by atoms with Gasteiger partial charge in [0, 0.05) is 31.7 Å². The Balaban J connectivity index is 0.00000288. The van der Waals surface area contributed by atoms with Crippen LogP contribution in [0.2, 0.25) is 5.02 Å². The van der Waals surface area contributed by atoms with Crippen molar-refractivity contribution in [3.05, 3.63) is 28.8 Å². The number of nitrogens with one attached hydrogen (secondary N) is 2. The number of carbonyl (C=O) groups is 2. The number of benzene rings is 1. The van der Waals surface area contributed by atoms with Crippen molar-refractivity contribution in [1.82, 2.24) is 10.2 Å². The van der Waals surface area contributed by atoms with E-state index in [0.29, 0.717) is 22.7 Å². The van der Waals surface area contributed by atoms with Crippen LogP contribution < -0.4 is 10.6 Å². The number of carbonyl (C=O) groups excluding carboxylic acids is 2. The van der Waals surface area contributed by atoms with Crippen LogP contribution in [0.25, 0.3) is 0 Å². The van der Waals surface area contributed by atoms with E-state index in [9.17, 15) is 9.59 Å². The van der Waals surface area contributed by atoms with Crippen LogP contribution in [0.15, 0.2) is 18.2 Å². The van der Waals surface area contributed by atoms with Crippen molar-refractivity contribution in [2.75, 3.05) is 25.5 Å². The van der Waals surface area contributed by atoms with E-state index >= 15 is 0 Å². The first-order valence-corrected chi connectivity index (χ1v) is 8.33. The topological polar surface area (TPSA) is 61.4 Å². The van der Waals surface area contributed by atoms with Gasteiger partial charge in [0.15, 0.2) is 0 Å². The Morgan fingerprint density at radius 2 is 2.12 bits per heavy atom. The molecule has 24 heavy (non-hydrogen) atoms. The van der Waals surface area contributed by atoms with E-state index in [-0.39, 0.29) is 36.2 Å². The second-order valence-electron chi connectivity index (χ2n) is 6.40. The molecule has 0 spiro atoms. The molecule has 1 aromatic carbocycles. The fourth-order valence-electron chi connectivity index (χ4n) is 2.68. The maximum atomic E-state index is 12.7. The lowest BCUT2D eigenvalue weighted by molar-refractivity contribution is -0.116. The Bertz CT molecular complexity index is 587. The van der Waals surface area contributed by atoms with Crippen LogP contribution >= 0.6 is 24.0 Å². The molecule has 134 valence electrons. The summed E-state index contributed by atoms with van der Waals surface area (Å²) in [7, 11) is 1.79. The van der Waals surface area contributed by atoms with Crippen LogP contribution in [-0.4, -0.2) is 42.9 Å². The average Bonchev–Trinajstić information content (AvgIpc) is 3.01. The van der Waals surface area contributed by atoms with Crippen molar-refractivity contribution in [2.45, 2.75) is 32.7 Å². The summed E-state index contributed by atoms with van der Waals surface area (Å²) in [5, 5.41) is 6.47. The maximum Gasteiger partial charge on any atom is 0.255 e. The van der Waals surface area contributed by atoms with Crippen molar-refractivity contribution in [3.63, 3.8) is 0 Å². The highest BCUT2D eigenvalue weighted by Gasteiger charge is 2.25. The molecular weight excluding hydrogens is 349 g/mol. The van der Waals surface area contributed by atoms with Crippen LogP contribution in [0, 0.1) is 5.92 Å². The van der Waals surface area contributed by atoms with E-state index in [0.717, 1.165) is 19.5 Å². The smallest absolute Gasteiger partial charge is 0.255 e. The van der Waals surface area contributed by atoms with Crippen LogP contribution in [-0.2, 0) is 4.79 Å². The van der Waals surface area contributed by atoms with E-state index in [2.05, 4.69) is 10.6 Å². The monoisotopic (exact) mass is 373 g/mol. The lowest BCUT2D eigenvalue weighted by Crippen LogP contribution is -2.38. The Kier molecular flexibility index (Phi) is 8.00. The van der Waals surface area contributed by atoms with Gasteiger partial charge < -0.3 is 15.5 Å². The summed E-state index contributed by atoms with van der Waals surface area (Å²) in [5.41, 5.74) is 1.02. The van der Waals surface area contributed by atoms with Crippen LogP contribution in [0.1, 0.15) is 37.0 Å². The van der Waals surface area contributed by atoms with Gasteiger partial charge in [-0.05, 0) is 37.1 Å². The fourth-order valence-corrected chi connectivity index (χ4v) is 2.87. The van der Waals surface area contributed by atoms with Gasteiger partial charge in [-0.3, -0.25) is 9.59 Å². The van der Waals surface area contributed by atoms with Gasteiger partial charge in [0.2, 0.25) is 5.91 Å². The molecule has 1 aliphatic rings. The van der Waals surface area contributed by atoms with Gasteiger partial charge in [0.05, 0.1) is 10.6 Å². The summed E-state index contributed by atoms with van der Waals surface area (Å²) in [4.78, 5) is 26.3. The predicted octanol–water partition coefficient (Wildman–Crippen LogP) is 3.18. The minimum atomic E-state index is -0.122. The minimum absolute atomic E-state index is 0. The van der Waals surface area contributed by atoms with E-state index in [1.807, 2.05) is 13.8 Å². The summed E-state index contributed by atoms with van der Waals surface area (Å²) in [6.07, 6.45) is 1.38. The summed E-state index contributed by atoms with van der Waals surface area (Å²) in [5.74, 6) is 0.0992.